The van der Waals surface area contributed by atoms with Crippen LogP contribution in [0.25, 0.3) is 0 Å². The molecule has 1 amide bonds. The van der Waals surface area contributed by atoms with Gasteiger partial charge in [-0.15, -0.1) is 0 Å². The second kappa shape index (κ2) is 8.17. The summed E-state index contributed by atoms with van der Waals surface area (Å²) < 4.78 is 10.4. The van der Waals surface area contributed by atoms with E-state index in [2.05, 4.69) is 5.32 Å². The Balaban J connectivity index is 1.81. The van der Waals surface area contributed by atoms with E-state index in [0.29, 0.717) is 23.6 Å². The summed E-state index contributed by atoms with van der Waals surface area (Å²) in [4.78, 5) is 12.1. The lowest BCUT2D eigenvalue weighted by Crippen LogP contribution is -2.26. The van der Waals surface area contributed by atoms with Gasteiger partial charge < -0.3 is 14.8 Å². The van der Waals surface area contributed by atoms with Gasteiger partial charge in [-0.1, -0.05) is 12.8 Å². The summed E-state index contributed by atoms with van der Waals surface area (Å²) in [7, 11) is 3.16. The molecule has 2 rings (SSSR count). The second-order valence-corrected chi connectivity index (χ2v) is 6.54. The van der Waals surface area contributed by atoms with E-state index in [1.165, 1.54) is 25.7 Å². The molecule has 4 nitrogen and oxygen atoms in total. The number of amides is 1. The van der Waals surface area contributed by atoms with Crippen LogP contribution in [-0.2, 0) is 0 Å². The van der Waals surface area contributed by atoms with Crippen LogP contribution >= 0.6 is 11.8 Å². The summed E-state index contributed by atoms with van der Waals surface area (Å²) in [6.45, 7) is 0.694. The Kier molecular flexibility index (Phi) is 6.23. The van der Waals surface area contributed by atoms with Crippen LogP contribution < -0.4 is 14.8 Å². The molecule has 0 spiro atoms. The number of hydrogen-bond donors (Lipinski definition) is 1. The number of methoxy groups -OCH3 is 2. The van der Waals surface area contributed by atoms with Gasteiger partial charge in [0.1, 0.15) is 11.5 Å². The highest BCUT2D eigenvalue weighted by atomic mass is 32.2. The Morgan fingerprint density at radius 3 is 2.38 bits per heavy atom. The number of carbonyl (C=O) groups is 1. The third kappa shape index (κ3) is 4.84. The minimum Gasteiger partial charge on any atom is -0.497 e. The van der Waals surface area contributed by atoms with Crippen LogP contribution in [0.2, 0.25) is 0 Å². The Labute approximate surface area is 130 Å². The van der Waals surface area contributed by atoms with Gasteiger partial charge in [-0.25, -0.2) is 0 Å². The third-order valence-corrected chi connectivity index (χ3v) is 5.04. The summed E-state index contributed by atoms with van der Waals surface area (Å²) in [6, 6.07) is 5.21. The number of rotatable bonds is 7. The molecule has 1 saturated carbocycles. The molecule has 1 fully saturated rings. The van der Waals surface area contributed by atoms with Gasteiger partial charge in [-0.3, -0.25) is 4.79 Å². The van der Waals surface area contributed by atoms with Gasteiger partial charge in [-0.05, 0) is 25.0 Å². The van der Waals surface area contributed by atoms with Crippen molar-refractivity contribution in [1.29, 1.82) is 0 Å². The lowest BCUT2D eigenvalue weighted by Gasteiger charge is -2.11. The van der Waals surface area contributed by atoms with Gasteiger partial charge in [0.2, 0.25) is 0 Å². The van der Waals surface area contributed by atoms with E-state index in [0.717, 1.165) is 11.0 Å². The number of hydrogen-bond acceptors (Lipinski definition) is 4. The molecule has 5 heteroatoms. The van der Waals surface area contributed by atoms with E-state index < -0.39 is 0 Å². The smallest absolute Gasteiger partial charge is 0.251 e. The molecule has 1 aliphatic carbocycles. The highest BCUT2D eigenvalue weighted by Gasteiger charge is 2.15. The van der Waals surface area contributed by atoms with E-state index in [-0.39, 0.29) is 5.91 Å². The van der Waals surface area contributed by atoms with Crippen LogP contribution in [0.1, 0.15) is 36.0 Å². The number of thioether (sulfide) groups is 1. The fraction of sp³-hybridized carbons (Fsp3) is 0.562. The van der Waals surface area contributed by atoms with Gasteiger partial charge in [-0.2, -0.15) is 11.8 Å². The average Bonchev–Trinajstić information content (AvgIpc) is 3.04. The maximum absolute atomic E-state index is 12.1. The minimum absolute atomic E-state index is 0.0841. The van der Waals surface area contributed by atoms with Gasteiger partial charge in [0.15, 0.2) is 0 Å². The molecular weight excluding hydrogens is 286 g/mol. The van der Waals surface area contributed by atoms with Gasteiger partial charge in [0.25, 0.3) is 5.91 Å². The Bertz CT molecular complexity index is 450. The summed E-state index contributed by atoms with van der Waals surface area (Å²) in [5, 5.41) is 3.75. The van der Waals surface area contributed by atoms with Crippen LogP contribution in [0, 0.1) is 0 Å². The lowest BCUT2D eigenvalue weighted by atomic mass is 10.2. The molecule has 1 aliphatic rings. The van der Waals surface area contributed by atoms with Crippen LogP contribution in [0.5, 0.6) is 11.5 Å². The predicted molar refractivity (Wildman–Crippen MR) is 86.6 cm³/mol. The Morgan fingerprint density at radius 2 is 1.81 bits per heavy atom. The number of carbonyl (C=O) groups excluding carboxylic acids is 1. The second-order valence-electron chi connectivity index (χ2n) is 5.13. The molecule has 0 bridgehead atoms. The standard InChI is InChI=1S/C16H23NO3S/c1-19-13-9-12(10-14(11-13)20-2)16(18)17-7-8-21-15-5-3-4-6-15/h9-11,15H,3-8H2,1-2H3,(H,17,18). The number of benzene rings is 1. The maximum atomic E-state index is 12.1. The molecule has 0 unspecified atom stereocenters. The van der Waals surface area contributed by atoms with E-state index in [1.54, 1.807) is 32.4 Å². The first-order valence-corrected chi connectivity index (χ1v) is 8.40. The number of nitrogens with one attached hydrogen (secondary N) is 1. The molecule has 0 aliphatic heterocycles. The monoisotopic (exact) mass is 309 g/mol. The first kappa shape index (κ1) is 16.0. The molecule has 0 heterocycles. The zero-order valence-electron chi connectivity index (χ0n) is 12.7. The summed E-state index contributed by atoms with van der Waals surface area (Å²) in [5.41, 5.74) is 0.567. The summed E-state index contributed by atoms with van der Waals surface area (Å²) >= 11 is 1.97. The fourth-order valence-electron chi connectivity index (χ4n) is 2.49. The van der Waals surface area contributed by atoms with Crippen molar-refractivity contribution in [3.8, 4) is 11.5 Å². The molecule has 0 aromatic heterocycles. The van der Waals surface area contributed by atoms with Crippen molar-refractivity contribution in [2.24, 2.45) is 0 Å². The van der Waals surface area contributed by atoms with Crippen molar-refractivity contribution in [1.82, 2.24) is 5.32 Å². The fourth-order valence-corrected chi connectivity index (χ4v) is 3.71. The molecule has 1 aromatic rings. The quantitative estimate of drug-likeness (QED) is 0.786. The molecular formula is C16H23NO3S. The van der Waals surface area contributed by atoms with E-state index in [4.69, 9.17) is 9.47 Å². The highest BCUT2D eigenvalue weighted by Crippen LogP contribution is 2.29. The summed E-state index contributed by atoms with van der Waals surface area (Å²) in [5.74, 6) is 2.14. The maximum Gasteiger partial charge on any atom is 0.251 e. The van der Waals surface area contributed by atoms with Crippen LogP contribution in [0.4, 0.5) is 0 Å². The molecule has 116 valence electrons. The van der Waals surface area contributed by atoms with Crippen molar-refractivity contribution in [2.45, 2.75) is 30.9 Å². The predicted octanol–water partition coefficient (Wildman–Crippen LogP) is 3.11. The molecule has 1 aromatic carbocycles. The molecule has 0 saturated heterocycles. The minimum atomic E-state index is -0.0841. The molecule has 0 atom stereocenters. The van der Waals surface area contributed by atoms with Gasteiger partial charge in [0.05, 0.1) is 14.2 Å². The zero-order valence-corrected chi connectivity index (χ0v) is 13.5. The van der Waals surface area contributed by atoms with E-state index in [9.17, 15) is 4.79 Å². The Hall–Kier alpha value is -1.36. The molecule has 21 heavy (non-hydrogen) atoms. The van der Waals surface area contributed by atoms with Gasteiger partial charge >= 0.3 is 0 Å². The van der Waals surface area contributed by atoms with E-state index >= 15 is 0 Å². The largest absolute Gasteiger partial charge is 0.497 e. The first-order valence-electron chi connectivity index (χ1n) is 7.36. The van der Waals surface area contributed by atoms with Crippen LogP contribution in [0.3, 0.4) is 0 Å². The van der Waals surface area contributed by atoms with E-state index in [1.807, 2.05) is 11.8 Å². The van der Waals surface area contributed by atoms with Crippen molar-refractivity contribution in [3.05, 3.63) is 23.8 Å². The number of ether oxygens (including phenoxy) is 2. The highest BCUT2D eigenvalue weighted by molar-refractivity contribution is 7.99. The van der Waals surface area contributed by atoms with Crippen molar-refractivity contribution in [2.75, 3.05) is 26.5 Å². The van der Waals surface area contributed by atoms with Gasteiger partial charge in [0, 0.05) is 29.2 Å². The van der Waals surface area contributed by atoms with Crippen LogP contribution in [-0.4, -0.2) is 37.7 Å². The molecule has 0 radical (unpaired) electrons. The topological polar surface area (TPSA) is 47.6 Å². The SMILES string of the molecule is COc1cc(OC)cc(C(=O)NCCSC2CCCC2)c1. The summed E-state index contributed by atoms with van der Waals surface area (Å²) in [6.07, 6.45) is 5.36. The molecule has 1 N–H and O–H groups in total. The first-order chi connectivity index (χ1) is 10.2. The Morgan fingerprint density at radius 1 is 1.19 bits per heavy atom. The average molecular weight is 309 g/mol. The third-order valence-electron chi connectivity index (χ3n) is 3.66. The van der Waals surface area contributed by atoms with Crippen molar-refractivity contribution < 1.29 is 14.3 Å². The van der Waals surface area contributed by atoms with Crippen molar-refractivity contribution >= 4 is 17.7 Å². The van der Waals surface area contributed by atoms with Crippen LogP contribution in [0.15, 0.2) is 18.2 Å². The van der Waals surface area contributed by atoms with Crippen molar-refractivity contribution in [3.63, 3.8) is 0 Å². The lowest BCUT2D eigenvalue weighted by molar-refractivity contribution is 0.0955. The zero-order chi connectivity index (χ0) is 15.1. The normalized spacial score (nSPS) is 15.0.